The second kappa shape index (κ2) is 6.80. The van der Waals surface area contributed by atoms with Crippen molar-refractivity contribution in [1.29, 1.82) is 0 Å². The normalized spacial score (nSPS) is 12.6. The predicted octanol–water partition coefficient (Wildman–Crippen LogP) is 3.30. The number of aryl methyl sites for hydroxylation is 1. The molecule has 3 nitrogen and oxygen atoms in total. The molecule has 2 aromatic rings. The largest absolute Gasteiger partial charge is 0.380 e. The number of nitrogens with one attached hydrogen (secondary N) is 1. The van der Waals surface area contributed by atoms with E-state index in [1.54, 1.807) is 18.4 Å². The Bertz CT molecular complexity index is 524. The molecule has 0 saturated heterocycles. The summed E-state index contributed by atoms with van der Waals surface area (Å²) in [4.78, 5) is 4.62. The van der Waals surface area contributed by atoms with Crippen molar-refractivity contribution in [2.45, 2.75) is 26.5 Å². The summed E-state index contributed by atoms with van der Waals surface area (Å²) in [5, 5.41) is 6.73. The van der Waals surface area contributed by atoms with Gasteiger partial charge >= 0.3 is 0 Å². The molecular weight excluding hydrogens is 256 g/mol. The monoisotopic (exact) mass is 276 g/mol. The molecule has 1 aromatic heterocycles. The van der Waals surface area contributed by atoms with Gasteiger partial charge in [0, 0.05) is 18.2 Å². The van der Waals surface area contributed by atoms with Gasteiger partial charge in [-0.25, -0.2) is 4.98 Å². The third-order valence-electron chi connectivity index (χ3n) is 2.96. The highest BCUT2D eigenvalue weighted by Gasteiger charge is 2.19. The van der Waals surface area contributed by atoms with Crippen molar-refractivity contribution in [1.82, 2.24) is 10.3 Å². The number of aromatic nitrogens is 1. The highest BCUT2D eigenvalue weighted by Crippen LogP contribution is 2.27. The molecule has 0 fully saturated rings. The summed E-state index contributed by atoms with van der Waals surface area (Å²) in [6, 6.07) is 8.53. The number of rotatable bonds is 6. The van der Waals surface area contributed by atoms with Crippen LogP contribution in [0.25, 0.3) is 0 Å². The van der Waals surface area contributed by atoms with Crippen LogP contribution in [0.15, 0.2) is 29.6 Å². The van der Waals surface area contributed by atoms with Crippen LogP contribution < -0.4 is 5.32 Å². The third-order valence-corrected chi connectivity index (χ3v) is 3.99. The highest BCUT2D eigenvalue weighted by molar-refractivity contribution is 7.09. The first-order valence-electron chi connectivity index (χ1n) is 6.48. The van der Waals surface area contributed by atoms with Gasteiger partial charge in [0.15, 0.2) is 0 Å². The van der Waals surface area contributed by atoms with Crippen LogP contribution in [0.4, 0.5) is 0 Å². The van der Waals surface area contributed by atoms with Crippen molar-refractivity contribution in [3.63, 3.8) is 0 Å². The predicted molar refractivity (Wildman–Crippen MR) is 79.5 cm³/mol. The number of nitrogens with zero attached hydrogens (tertiary/aromatic N) is 1. The minimum Gasteiger partial charge on any atom is -0.380 e. The topological polar surface area (TPSA) is 34.2 Å². The molecule has 102 valence electrons. The van der Waals surface area contributed by atoms with Crippen LogP contribution in [0.5, 0.6) is 0 Å². The maximum Gasteiger partial charge on any atom is 0.114 e. The molecule has 2 rings (SSSR count). The Morgan fingerprint density at radius 1 is 1.37 bits per heavy atom. The second-order valence-corrected chi connectivity index (χ2v) is 5.34. The van der Waals surface area contributed by atoms with Crippen molar-refractivity contribution in [2.75, 3.05) is 13.7 Å². The Labute approximate surface area is 118 Å². The third kappa shape index (κ3) is 3.41. The maximum absolute atomic E-state index is 5.29. The van der Waals surface area contributed by atoms with E-state index >= 15 is 0 Å². The second-order valence-electron chi connectivity index (χ2n) is 4.45. The van der Waals surface area contributed by atoms with E-state index in [-0.39, 0.29) is 6.04 Å². The zero-order chi connectivity index (χ0) is 13.7. The molecule has 0 spiro atoms. The van der Waals surface area contributed by atoms with Crippen LogP contribution in [0.3, 0.4) is 0 Å². The fraction of sp³-hybridized carbons (Fsp3) is 0.400. The number of benzene rings is 1. The molecule has 0 radical (unpaired) electrons. The summed E-state index contributed by atoms with van der Waals surface area (Å²) in [5.41, 5.74) is 3.54. The minimum atomic E-state index is 0.148. The van der Waals surface area contributed by atoms with E-state index in [1.807, 2.05) is 13.0 Å². The van der Waals surface area contributed by atoms with Gasteiger partial charge in [-0.1, -0.05) is 31.2 Å². The molecule has 1 atom stereocenters. The molecule has 0 aliphatic rings. The lowest BCUT2D eigenvalue weighted by Gasteiger charge is -2.19. The lowest BCUT2D eigenvalue weighted by Crippen LogP contribution is -2.23. The average Bonchev–Trinajstić information content (AvgIpc) is 2.84. The standard InChI is InChI=1S/C15H20N2OS/c1-4-16-14(15-17-11(2)10-19-15)13-8-6-5-7-12(13)9-18-3/h5-8,10,14,16H,4,9H2,1-3H3. The first-order chi connectivity index (χ1) is 9.26. The Balaban J connectivity index is 2.38. The summed E-state index contributed by atoms with van der Waals surface area (Å²) in [7, 11) is 1.73. The first-order valence-corrected chi connectivity index (χ1v) is 7.36. The van der Waals surface area contributed by atoms with Crippen molar-refractivity contribution in [2.24, 2.45) is 0 Å². The Hall–Kier alpha value is -1.23. The molecule has 0 amide bonds. The number of ether oxygens (including phenoxy) is 1. The van der Waals surface area contributed by atoms with Gasteiger partial charge in [-0.2, -0.15) is 0 Å². The number of hydrogen-bond donors (Lipinski definition) is 1. The van der Waals surface area contributed by atoms with Crippen LogP contribution in [-0.2, 0) is 11.3 Å². The van der Waals surface area contributed by atoms with Gasteiger partial charge in [-0.05, 0) is 24.6 Å². The van der Waals surface area contributed by atoms with Crippen LogP contribution in [0.1, 0.15) is 34.8 Å². The number of hydrogen-bond acceptors (Lipinski definition) is 4. The fourth-order valence-corrected chi connectivity index (χ4v) is 3.03. The summed E-state index contributed by atoms with van der Waals surface area (Å²) in [5.74, 6) is 0. The minimum absolute atomic E-state index is 0.148. The van der Waals surface area contributed by atoms with Gasteiger partial charge in [-0.3, -0.25) is 0 Å². The van der Waals surface area contributed by atoms with Crippen molar-refractivity contribution in [3.8, 4) is 0 Å². The molecule has 1 N–H and O–H groups in total. The fourth-order valence-electron chi connectivity index (χ4n) is 2.14. The maximum atomic E-state index is 5.29. The van der Waals surface area contributed by atoms with Crippen LogP contribution in [0.2, 0.25) is 0 Å². The first kappa shape index (κ1) is 14.2. The molecule has 19 heavy (non-hydrogen) atoms. The molecule has 0 aliphatic heterocycles. The number of thiazole rings is 1. The van der Waals surface area contributed by atoms with Crippen molar-refractivity contribution < 1.29 is 4.74 Å². The quantitative estimate of drug-likeness (QED) is 0.879. The lowest BCUT2D eigenvalue weighted by atomic mass is 10.0. The van der Waals surface area contributed by atoms with E-state index in [2.05, 4.69) is 40.8 Å². The molecule has 1 unspecified atom stereocenters. The SMILES string of the molecule is CCNC(c1nc(C)cs1)c1ccccc1COC. The van der Waals surface area contributed by atoms with Crippen molar-refractivity contribution in [3.05, 3.63) is 51.5 Å². The average molecular weight is 276 g/mol. The van der Waals surface area contributed by atoms with Gasteiger partial charge in [0.25, 0.3) is 0 Å². The summed E-state index contributed by atoms with van der Waals surface area (Å²) >= 11 is 1.70. The van der Waals surface area contributed by atoms with E-state index in [0.29, 0.717) is 6.61 Å². The van der Waals surface area contributed by atoms with Crippen LogP contribution in [-0.4, -0.2) is 18.6 Å². The molecule has 0 saturated carbocycles. The summed E-state index contributed by atoms with van der Waals surface area (Å²) < 4.78 is 5.29. The van der Waals surface area contributed by atoms with E-state index in [1.165, 1.54) is 11.1 Å². The van der Waals surface area contributed by atoms with Gasteiger partial charge in [0.05, 0.1) is 12.6 Å². The zero-order valence-corrected chi connectivity index (χ0v) is 12.5. The molecule has 1 heterocycles. The Morgan fingerprint density at radius 3 is 2.79 bits per heavy atom. The van der Waals surface area contributed by atoms with Crippen LogP contribution in [0, 0.1) is 6.92 Å². The summed E-state index contributed by atoms with van der Waals surface area (Å²) in [6.07, 6.45) is 0. The molecular formula is C15H20N2OS. The lowest BCUT2D eigenvalue weighted by molar-refractivity contribution is 0.183. The number of methoxy groups -OCH3 is 1. The summed E-state index contributed by atoms with van der Waals surface area (Å²) in [6.45, 7) is 5.68. The molecule has 0 bridgehead atoms. The Morgan fingerprint density at radius 2 is 2.16 bits per heavy atom. The van der Waals surface area contributed by atoms with Crippen molar-refractivity contribution >= 4 is 11.3 Å². The van der Waals surface area contributed by atoms with Gasteiger partial charge in [0.1, 0.15) is 5.01 Å². The Kier molecular flexibility index (Phi) is 5.07. The van der Waals surface area contributed by atoms with E-state index in [4.69, 9.17) is 4.74 Å². The zero-order valence-electron chi connectivity index (χ0n) is 11.6. The molecule has 1 aromatic carbocycles. The van der Waals surface area contributed by atoms with Gasteiger partial charge < -0.3 is 10.1 Å². The highest BCUT2D eigenvalue weighted by atomic mass is 32.1. The van der Waals surface area contributed by atoms with E-state index in [9.17, 15) is 0 Å². The molecule has 0 aliphatic carbocycles. The van der Waals surface area contributed by atoms with Gasteiger partial charge in [-0.15, -0.1) is 11.3 Å². The van der Waals surface area contributed by atoms with E-state index in [0.717, 1.165) is 17.2 Å². The van der Waals surface area contributed by atoms with E-state index < -0.39 is 0 Å². The van der Waals surface area contributed by atoms with Crippen LogP contribution >= 0.6 is 11.3 Å². The smallest absolute Gasteiger partial charge is 0.114 e. The molecule has 4 heteroatoms. The van der Waals surface area contributed by atoms with Gasteiger partial charge in [0.2, 0.25) is 0 Å².